The van der Waals surface area contributed by atoms with Crippen LogP contribution in [0.25, 0.3) is 0 Å². The van der Waals surface area contributed by atoms with Gasteiger partial charge in [-0.1, -0.05) is 23.7 Å². The van der Waals surface area contributed by atoms with E-state index in [2.05, 4.69) is 0 Å². The lowest BCUT2D eigenvalue weighted by Crippen LogP contribution is -1.90. The van der Waals surface area contributed by atoms with E-state index in [1.165, 1.54) is 0 Å². The minimum absolute atomic E-state index is 0.143. The van der Waals surface area contributed by atoms with E-state index >= 15 is 0 Å². The Morgan fingerprint density at radius 3 is 2.64 bits per heavy atom. The molecule has 0 aromatic heterocycles. The molecule has 1 unspecified atom stereocenters. The van der Waals surface area contributed by atoms with E-state index < -0.39 is 0 Å². The molecule has 0 heterocycles. The van der Waals surface area contributed by atoms with Crippen molar-refractivity contribution < 1.29 is 0 Å². The van der Waals surface area contributed by atoms with Gasteiger partial charge in [-0.3, -0.25) is 0 Å². The Hall–Kier alpha value is 0.0900. The van der Waals surface area contributed by atoms with Gasteiger partial charge in [-0.05, 0) is 17.7 Å². The first-order chi connectivity index (χ1) is 5.24. The van der Waals surface area contributed by atoms with Gasteiger partial charge in [-0.15, -0.1) is 23.2 Å². The highest BCUT2D eigenvalue weighted by Gasteiger charge is 2.05. The summed E-state index contributed by atoms with van der Waals surface area (Å²) in [5.41, 5.74) is 0.967. The smallest absolute Gasteiger partial charge is 0.0721 e. The molecule has 11 heavy (non-hydrogen) atoms. The second-order valence-electron chi connectivity index (χ2n) is 2.18. The fourth-order valence-corrected chi connectivity index (χ4v) is 1.30. The number of rotatable bonds is 2. The predicted octanol–water partition coefficient (Wildman–Crippen LogP) is 3.86. The molecule has 1 aromatic rings. The molecule has 0 N–H and O–H groups in total. The first-order valence-electron chi connectivity index (χ1n) is 3.19. The van der Waals surface area contributed by atoms with Crippen LogP contribution < -0.4 is 0 Å². The topological polar surface area (TPSA) is 0 Å². The maximum Gasteiger partial charge on any atom is 0.0721 e. The average molecular weight is 210 g/mol. The van der Waals surface area contributed by atoms with Crippen LogP contribution in [0.1, 0.15) is 10.9 Å². The van der Waals surface area contributed by atoms with Crippen LogP contribution in [0.2, 0.25) is 5.02 Å². The van der Waals surface area contributed by atoms with Crippen LogP contribution in [0.15, 0.2) is 24.3 Å². The summed E-state index contributed by atoms with van der Waals surface area (Å²) in [6.45, 7) is 0. The van der Waals surface area contributed by atoms with Crippen LogP contribution in [-0.4, -0.2) is 5.88 Å². The normalized spacial score (nSPS) is 13.0. The molecule has 0 bridgehead atoms. The predicted molar refractivity (Wildman–Crippen MR) is 50.8 cm³/mol. The van der Waals surface area contributed by atoms with E-state index in [-0.39, 0.29) is 5.38 Å². The van der Waals surface area contributed by atoms with E-state index in [9.17, 15) is 0 Å². The van der Waals surface area contributed by atoms with E-state index in [0.29, 0.717) is 10.9 Å². The van der Waals surface area contributed by atoms with Gasteiger partial charge in [0.25, 0.3) is 0 Å². The molecule has 0 saturated carbocycles. The molecular formula is C8H7Cl3. The Morgan fingerprint density at radius 2 is 2.09 bits per heavy atom. The molecule has 1 atom stereocenters. The first-order valence-corrected chi connectivity index (χ1v) is 4.54. The molecule has 0 radical (unpaired) electrons. The zero-order valence-corrected chi connectivity index (χ0v) is 8.00. The first kappa shape index (κ1) is 9.18. The highest BCUT2D eigenvalue weighted by molar-refractivity contribution is 6.31. The molecule has 0 amide bonds. The van der Waals surface area contributed by atoms with Crippen LogP contribution in [0.5, 0.6) is 0 Å². The van der Waals surface area contributed by atoms with Gasteiger partial charge in [0, 0.05) is 10.9 Å². The average Bonchev–Trinajstić information content (AvgIpc) is 2.03. The van der Waals surface area contributed by atoms with E-state index in [0.717, 1.165) is 5.56 Å². The van der Waals surface area contributed by atoms with Crippen LogP contribution in [0.3, 0.4) is 0 Å². The lowest BCUT2D eigenvalue weighted by Gasteiger charge is -2.04. The Morgan fingerprint density at radius 1 is 1.36 bits per heavy atom. The minimum atomic E-state index is -0.143. The maximum absolute atomic E-state index is 5.87. The van der Waals surface area contributed by atoms with E-state index in [1.807, 2.05) is 24.3 Å². The van der Waals surface area contributed by atoms with Crippen LogP contribution in [0, 0.1) is 0 Å². The van der Waals surface area contributed by atoms with Gasteiger partial charge in [0.1, 0.15) is 0 Å². The molecular weight excluding hydrogens is 202 g/mol. The lowest BCUT2D eigenvalue weighted by molar-refractivity contribution is 1.09. The SMILES string of the molecule is ClCC(Cl)c1cccc(Cl)c1. The van der Waals surface area contributed by atoms with Crippen LogP contribution in [-0.2, 0) is 0 Å². The summed E-state index contributed by atoms with van der Waals surface area (Å²) in [6, 6.07) is 7.40. The molecule has 0 aliphatic carbocycles. The summed E-state index contributed by atoms with van der Waals surface area (Å²) in [6.07, 6.45) is 0. The van der Waals surface area contributed by atoms with Crippen LogP contribution in [0.4, 0.5) is 0 Å². The zero-order valence-electron chi connectivity index (χ0n) is 5.73. The summed E-state index contributed by atoms with van der Waals surface area (Å²) in [5.74, 6) is 0.405. The molecule has 0 aliphatic heterocycles. The van der Waals surface area contributed by atoms with Crippen molar-refractivity contribution in [1.82, 2.24) is 0 Å². The molecule has 0 spiro atoms. The fourth-order valence-electron chi connectivity index (χ4n) is 0.791. The quantitative estimate of drug-likeness (QED) is 0.649. The Kier molecular flexibility index (Phi) is 3.50. The van der Waals surface area contributed by atoms with E-state index in [1.54, 1.807) is 0 Å². The summed E-state index contributed by atoms with van der Waals surface area (Å²) in [4.78, 5) is 0. The summed E-state index contributed by atoms with van der Waals surface area (Å²) < 4.78 is 0. The molecule has 60 valence electrons. The maximum atomic E-state index is 5.87. The van der Waals surface area contributed by atoms with Gasteiger partial charge in [-0.25, -0.2) is 0 Å². The molecule has 0 nitrogen and oxygen atoms in total. The Bertz CT molecular complexity index is 235. The zero-order chi connectivity index (χ0) is 8.27. The van der Waals surface area contributed by atoms with Gasteiger partial charge in [0.15, 0.2) is 0 Å². The Labute approximate surface area is 81.1 Å². The second kappa shape index (κ2) is 4.20. The van der Waals surface area contributed by atoms with E-state index in [4.69, 9.17) is 34.8 Å². The third-order valence-electron chi connectivity index (χ3n) is 1.35. The second-order valence-corrected chi connectivity index (χ2v) is 3.45. The molecule has 1 aromatic carbocycles. The molecule has 0 fully saturated rings. The Balaban J connectivity index is 2.86. The monoisotopic (exact) mass is 208 g/mol. The molecule has 0 aliphatic rings. The van der Waals surface area contributed by atoms with Gasteiger partial charge >= 0.3 is 0 Å². The number of hydrogen-bond acceptors (Lipinski definition) is 0. The van der Waals surface area contributed by atoms with Crippen molar-refractivity contribution in [3.05, 3.63) is 34.9 Å². The van der Waals surface area contributed by atoms with Crippen molar-refractivity contribution in [2.75, 3.05) is 5.88 Å². The lowest BCUT2D eigenvalue weighted by atomic mass is 10.2. The minimum Gasteiger partial charge on any atom is -0.125 e. The van der Waals surface area contributed by atoms with Crippen LogP contribution >= 0.6 is 34.8 Å². The number of hydrogen-bond donors (Lipinski definition) is 0. The van der Waals surface area contributed by atoms with Crippen molar-refractivity contribution >= 4 is 34.8 Å². The molecule has 3 heteroatoms. The van der Waals surface area contributed by atoms with Crippen molar-refractivity contribution in [1.29, 1.82) is 0 Å². The van der Waals surface area contributed by atoms with Crippen molar-refractivity contribution in [3.8, 4) is 0 Å². The summed E-state index contributed by atoms with van der Waals surface area (Å²) in [5, 5.41) is 0.550. The highest BCUT2D eigenvalue weighted by Crippen LogP contribution is 2.23. The summed E-state index contributed by atoms with van der Waals surface area (Å²) >= 11 is 17.2. The van der Waals surface area contributed by atoms with Crippen molar-refractivity contribution in [2.24, 2.45) is 0 Å². The van der Waals surface area contributed by atoms with Gasteiger partial charge in [0.05, 0.1) is 5.38 Å². The van der Waals surface area contributed by atoms with Crippen molar-refractivity contribution in [3.63, 3.8) is 0 Å². The number of halogens is 3. The van der Waals surface area contributed by atoms with Gasteiger partial charge in [0.2, 0.25) is 0 Å². The molecule has 0 saturated heterocycles. The van der Waals surface area contributed by atoms with Gasteiger partial charge < -0.3 is 0 Å². The third-order valence-corrected chi connectivity index (χ3v) is 2.45. The third kappa shape index (κ3) is 2.55. The van der Waals surface area contributed by atoms with Crippen molar-refractivity contribution in [2.45, 2.75) is 5.38 Å². The molecule has 1 rings (SSSR count). The highest BCUT2D eigenvalue weighted by atomic mass is 35.5. The number of benzene rings is 1. The summed E-state index contributed by atoms with van der Waals surface area (Å²) in [7, 11) is 0. The van der Waals surface area contributed by atoms with Gasteiger partial charge in [-0.2, -0.15) is 0 Å². The largest absolute Gasteiger partial charge is 0.125 e. The fraction of sp³-hybridized carbons (Fsp3) is 0.250. The number of alkyl halides is 2. The standard InChI is InChI=1S/C8H7Cl3/c9-5-8(11)6-2-1-3-7(10)4-6/h1-4,8H,5H2.